The van der Waals surface area contributed by atoms with Gasteiger partial charge in [-0.3, -0.25) is 0 Å². The summed E-state index contributed by atoms with van der Waals surface area (Å²) in [5, 5.41) is 31.7. The summed E-state index contributed by atoms with van der Waals surface area (Å²) in [6.45, 7) is 6.46. The molecular weight excluding hydrogens is 404 g/mol. The summed E-state index contributed by atoms with van der Waals surface area (Å²) in [6, 6.07) is 13.2. The Bertz CT molecular complexity index is 878. The van der Waals surface area contributed by atoms with Crippen LogP contribution >= 0.6 is 11.6 Å². The standard InChI is InChI=1S/C24H29ClO5/c1-4-29-18-8-5-15(6-9-18)12-17-13-16(7-10-19(17)25)24-23(28)22(27)21(26)20(30-24)11-14(2)3/h5-11,13-14,21-24,26-28H,4,12H2,1-3H3/b20-11-/t21-,22?,23-,24+/m1/s1. The third-order valence-electron chi connectivity index (χ3n) is 5.06. The molecule has 0 bridgehead atoms. The molecule has 1 aliphatic rings. The first-order chi connectivity index (χ1) is 14.3. The molecule has 1 heterocycles. The first-order valence-corrected chi connectivity index (χ1v) is 10.6. The number of allylic oxidation sites excluding steroid dienone is 1. The van der Waals surface area contributed by atoms with Gasteiger partial charge in [0.15, 0.2) is 6.10 Å². The molecule has 5 nitrogen and oxygen atoms in total. The minimum atomic E-state index is -1.33. The molecule has 162 valence electrons. The van der Waals surface area contributed by atoms with Crippen molar-refractivity contribution < 1.29 is 24.8 Å². The highest BCUT2D eigenvalue weighted by molar-refractivity contribution is 6.31. The van der Waals surface area contributed by atoms with Gasteiger partial charge in [-0.2, -0.15) is 0 Å². The van der Waals surface area contributed by atoms with Crippen LogP contribution in [-0.4, -0.2) is 40.2 Å². The van der Waals surface area contributed by atoms with Crippen LogP contribution in [0.3, 0.4) is 0 Å². The van der Waals surface area contributed by atoms with Crippen molar-refractivity contribution in [1.29, 1.82) is 0 Å². The van der Waals surface area contributed by atoms with E-state index in [4.69, 9.17) is 21.1 Å². The summed E-state index contributed by atoms with van der Waals surface area (Å²) >= 11 is 6.42. The average Bonchev–Trinajstić information content (AvgIpc) is 2.71. The Balaban J connectivity index is 1.86. The van der Waals surface area contributed by atoms with Gasteiger partial charge in [0, 0.05) is 5.02 Å². The van der Waals surface area contributed by atoms with Gasteiger partial charge in [0.05, 0.1) is 6.61 Å². The molecule has 6 heteroatoms. The molecule has 2 aromatic carbocycles. The fourth-order valence-electron chi connectivity index (χ4n) is 3.55. The number of halogens is 1. The Morgan fingerprint density at radius 3 is 2.40 bits per heavy atom. The van der Waals surface area contributed by atoms with E-state index in [1.807, 2.05) is 51.1 Å². The molecule has 0 radical (unpaired) electrons. The molecule has 0 aromatic heterocycles. The Kier molecular flexibility index (Phi) is 7.42. The van der Waals surface area contributed by atoms with Crippen molar-refractivity contribution in [3.05, 3.63) is 76.0 Å². The first kappa shape index (κ1) is 22.6. The summed E-state index contributed by atoms with van der Waals surface area (Å²) in [6.07, 6.45) is -2.30. The maximum absolute atomic E-state index is 10.5. The molecule has 0 aliphatic carbocycles. The van der Waals surface area contributed by atoms with Crippen LogP contribution < -0.4 is 4.74 Å². The van der Waals surface area contributed by atoms with Gasteiger partial charge in [-0.25, -0.2) is 0 Å². The Labute approximate surface area is 182 Å². The van der Waals surface area contributed by atoms with Gasteiger partial charge in [0.25, 0.3) is 0 Å². The van der Waals surface area contributed by atoms with Crippen molar-refractivity contribution in [2.75, 3.05) is 6.61 Å². The summed E-state index contributed by atoms with van der Waals surface area (Å²) in [7, 11) is 0. The molecule has 2 aromatic rings. The monoisotopic (exact) mass is 432 g/mol. The van der Waals surface area contributed by atoms with Crippen molar-refractivity contribution in [2.24, 2.45) is 5.92 Å². The fourth-order valence-corrected chi connectivity index (χ4v) is 3.73. The topological polar surface area (TPSA) is 79.2 Å². The summed E-state index contributed by atoms with van der Waals surface area (Å²) in [5.41, 5.74) is 2.64. The Morgan fingerprint density at radius 2 is 1.77 bits per heavy atom. The van der Waals surface area contributed by atoms with Gasteiger partial charge in [0.2, 0.25) is 0 Å². The number of aliphatic hydroxyl groups excluding tert-OH is 3. The Hall–Kier alpha value is -2.05. The minimum absolute atomic E-state index is 0.123. The number of benzene rings is 2. The number of rotatable bonds is 6. The number of hydrogen-bond donors (Lipinski definition) is 3. The fraction of sp³-hybridized carbons (Fsp3) is 0.417. The number of aliphatic hydroxyl groups is 3. The van der Waals surface area contributed by atoms with Gasteiger partial charge in [0.1, 0.15) is 29.8 Å². The van der Waals surface area contributed by atoms with Crippen molar-refractivity contribution in [2.45, 2.75) is 51.6 Å². The van der Waals surface area contributed by atoms with E-state index in [9.17, 15) is 15.3 Å². The van der Waals surface area contributed by atoms with E-state index in [0.717, 1.165) is 16.9 Å². The van der Waals surface area contributed by atoms with Crippen LogP contribution in [-0.2, 0) is 11.2 Å². The zero-order valence-electron chi connectivity index (χ0n) is 17.5. The molecule has 30 heavy (non-hydrogen) atoms. The second-order valence-corrected chi connectivity index (χ2v) is 8.29. The van der Waals surface area contributed by atoms with E-state index in [1.54, 1.807) is 18.2 Å². The van der Waals surface area contributed by atoms with Crippen LogP contribution in [0, 0.1) is 5.92 Å². The molecular formula is C24H29ClO5. The minimum Gasteiger partial charge on any atom is -0.494 e. The van der Waals surface area contributed by atoms with Gasteiger partial charge in [-0.15, -0.1) is 0 Å². The molecule has 1 fully saturated rings. The highest BCUT2D eigenvalue weighted by Crippen LogP contribution is 2.36. The summed E-state index contributed by atoms with van der Waals surface area (Å²) in [4.78, 5) is 0. The average molecular weight is 433 g/mol. The molecule has 0 saturated carbocycles. The van der Waals surface area contributed by atoms with E-state index in [2.05, 4.69) is 0 Å². The third-order valence-corrected chi connectivity index (χ3v) is 5.43. The van der Waals surface area contributed by atoms with Crippen LogP contribution in [0.15, 0.2) is 54.3 Å². The quantitative estimate of drug-likeness (QED) is 0.642. The van der Waals surface area contributed by atoms with Crippen LogP contribution in [0.4, 0.5) is 0 Å². The molecule has 0 spiro atoms. The van der Waals surface area contributed by atoms with E-state index in [-0.39, 0.29) is 11.7 Å². The third kappa shape index (κ3) is 5.16. The second kappa shape index (κ2) is 9.84. The lowest BCUT2D eigenvalue weighted by Gasteiger charge is -2.38. The predicted octanol–water partition coefficient (Wildman–Crippen LogP) is 4.02. The van der Waals surface area contributed by atoms with Crippen molar-refractivity contribution in [3.63, 3.8) is 0 Å². The van der Waals surface area contributed by atoms with Gasteiger partial charge in [-0.05, 0) is 60.2 Å². The van der Waals surface area contributed by atoms with E-state index < -0.39 is 24.4 Å². The first-order valence-electron chi connectivity index (χ1n) is 10.2. The molecule has 3 N–H and O–H groups in total. The van der Waals surface area contributed by atoms with E-state index in [1.165, 1.54) is 0 Å². The molecule has 3 rings (SSSR count). The van der Waals surface area contributed by atoms with Crippen molar-refractivity contribution >= 4 is 11.6 Å². The van der Waals surface area contributed by atoms with Crippen LogP contribution in [0.5, 0.6) is 5.75 Å². The van der Waals surface area contributed by atoms with E-state index >= 15 is 0 Å². The normalized spacial score (nSPS) is 25.4. The van der Waals surface area contributed by atoms with Crippen LogP contribution in [0.25, 0.3) is 0 Å². The zero-order valence-corrected chi connectivity index (χ0v) is 18.2. The maximum Gasteiger partial charge on any atom is 0.152 e. The summed E-state index contributed by atoms with van der Waals surface area (Å²) in [5.74, 6) is 1.21. The van der Waals surface area contributed by atoms with Gasteiger partial charge >= 0.3 is 0 Å². The van der Waals surface area contributed by atoms with Gasteiger partial charge in [-0.1, -0.05) is 49.7 Å². The molecule has 4 atom stereocenters. The summed E-state index contributed by atoms with van der Waals surface area (Å²) < 4.78 is 11.4. The zero-order chi connectivity index (χ0) is 21.8. The number of ether oxygens (including phenoxy) is 2. The predicted molar refractivity (Wildman–Crippen MR) is 117 cm³/mol. The number of hydrogen-bond acceptors (Lipinski definition) is 5. The van der Waals surface area contributed by atoms with Crippen molar-refractivity contribution in [1.82, 2.24) is 0 Å². The molecule has 1 aliphatic heterocycles. The lowest BCUT2D eigenvalue weighted by atomic mass is 9.91. The van der Waals surface area contributed by atoms with Gasteiger partial charge < -0.3 is 24.8 Å². The lowest BCUT2D eigenvalue weighted by Crippen LogP contribution is -2.48. The Morgan fingerprint density at radius 1 is 1.07 bits per heavy atom. The maximum atomic E-state index is 10.5. The highest BCUT2D eigenvalue weighted by atomic mass is 35.5. The van der Waals surface area contributed by atoms with E-state index in [0.29, 0.717) is 23.6 Å². The highest BCUT2D eigenvalue weighted by Gasteiger charge is 2.42. The van der Waals surface area contributed by atoms with Crippen molar-refractivity contribution in [3.8, 4) is 5.75 Å². The largest absolute Gasteiger partial charge is 0.494 e. The van der Waals surface area contributed by atoms with Crippen LogP contribution in [0.2, 0.25) is 5.02 Å². The smallest absolute Gasteiger partial charge is 0.152 e. The lowest BCUT2D eigenvalue weighted by molar-refractivity contribution is -0.158. The molecule has 1 unspecified atom stereocenters. The van der Waals surface area contributed by atoms with Crippen LogP contribution in [0.1, 0.15) is 43.6 Å². The SMILES string of the molecule is CCOc1ccc(Cc2cc([C@@H]3O/C(=C\C(C)C)[C@@H](O)C(O)[C@H]3O)ccc2Cl)cc1. The molecule has 0 amide bonds. The second-order valence-electron chi connectivity index (χ2n) is 7.88. The molecule has 1 saturated heterocycles.